The maximum atomic E-state index is 13.0. The molecule has 3 amide bonds. The van der Waals surface area contributed by atoms with Gasteiger partial charge in [0.15, 0.2) is 0 Å². The SMILES string of the molecule is [B]C1([B])CN(Cc2ccc(COc3cccc4c3CN(C3CCC(=O)NC3=O)C4=O)cc2)C([B])([B])C([B])([B])O1. The van der Waals surface area contributed by atoms with Gasteiger partial charge in [-0.3, -0.25) is 19.7 Å². The Morgan fingerprint density at radius 1 is 0.974 bits per heavy atom. The Morgan fingerprint density at radius 2 is 1.67 bits per heavy atom. The topological polar surface area (TPSA) is 88.2 Å². The highest BCUT2D eigenvalue weighted by molar-refractivity contribution is 6.54. The first-order chi connectivity index (χ1) is 18.3. The molecule has 0 spiro atoms. The number of imide groups is 1. The zero-order valence-corrected chi connectivity index (χ0v) is 21.3. The van der Waals surface area contributed by atoms with Crippen molar-refractivity contribution in [3.63, 3.8) is 0 Å². The minimum absolute atomic E-state index is 0.00527. The molecule has 8 nitrogen and oxygen atoms in total. The fourth-order valence-corrected chi connectivity index (χ4v) is 5.11. The molecule has 14 heteroatoms. The molecule has 0 aromatic heterocycles. The van der Waals surface area contributed by atoms with Gasteiger partial charge in [0.05, 0.1) is 37.9 Å². The molecule has 39 heavy (non-hydrogen) atoms. The number of rotatable bonds is 6. The number of amides is 3. The van der Waals surface area contributed by atoms with E-state index in [0.29, 0.717) is 23.3 Å². The molecule has 2 saturated heterocycles. The molecular formula is C25H21B6N3O5. The number of ether oxygens (including phenoxy) is 2. The highest BCUT2D eigenvalue weighted by Crippen LogP contribution is 2.35. The Kier molecular flexibility index (Phi) is 7.08. The van der Waals surface area contributed by atoms with Crippen molar-refractivity contribution in [2.24, 2.45) is 0 Å². The predicted molar refractivity (Wildman–Crippen MR) is 147 cm³/mol. The summed E-state index contributed by atoms with van der Waals surface area (Å²) >= 11 is 0. The van der Waals surface area contributed by atoms with Crippen molar-refractivity contribution in [1.29, 1.82) is 0 Å². The molecule has 5 rings (SSSR count). The van der Waals surface area contributed by atoms with Crippen LogP contribution in [-0.2, 0) is 34.0 Å². The number of morpholine rings is 1. The number of fused-ring (bicyclic) bond motifs is 1. The first kappa shape index (κ1) is 27.7. The number of nitrogens with one attached hydrogen (secondary N) is 1. The van der Waals surface area contributed by atoms with Crippen LogP contribution in [0.2, 0.25) is 0 Å². The number of carbonyl (C=O) groups excluding carboxylic acids is 3. The Hall–Kier alpha value is -2.84. The predicted octanol–water partition coefficient (Wildman–Crippen LogP) is -1.17. The molecule has 12 radical (unpaired) electrons. The zero-order valence-electron chi connectivity index (χ0n) is 21.3. The summed E-state index contributed by atoms with van der Waals surface area (Å²) in [4.78, 5) is 39.9. The fraction of sp³-hybridized carbons (Fsp3) is 0.400. The van der Waals surface area contributed by atoms with E-state index in [2.05, 4.69) is 5.32 Å². The molecule has 0 aliphatic carbocycles. The van der Waals surface area contributed by atoms with Crippen molar-refractivity contribution in [3.8, 4) is 5.75 Å². The summed E-state index contributed by atoms with van der Waals surface area (Å²) in [5, 5.41) is -3.04. The fourth-order valence-electron chi connectivity index (χ4n) is 5.11. The van der Waals surface area contributed by atoms with Gasteiger partial charge in [-0.25, -0.2) is 0 Å². The van der Waals surface area contributed by atoms with Crippen molar-refractivity contribution >= 4 is 64.8 Å². The zero-order chi connectivity index (χ0) is 28.2. The van der Waals surface area contributed by atoms with Crippen molar-refractivity contribution in [3.05, 3.63) is 64.7 Å². The number of hydrogen-bond acceptors (Lipinski definition) is 6. The Morgan fingerprint density at radius 3 is 2.36 bits per heavy atom. The number of hydrogen-bond donors (Lipinski definition) is 1. The van der Waals surface area contributed by atoms with Crippen molar-refractivity contribution in [2.75, 3.05) is 6.54 Å². The molecule has 1 atom stereocenters. The van der Waals surface area contributed by atoms with Gasteiger partial charge in [-0.1, -0.05) is 30.3 Å². The second-order valence-corrected chi connectivity index (χ2v) is 10.3. The summed E-state index contributed by atoms with van der Waals surface area (Å²) in [6, 6.07) is 12.0. The lowest BCUT2D eigenvalue weighted by atomic mass is 9.37. The third-order valence-electron chi connectivity index (χ3n) is 7.28. The Balaban J connectivity index is 1.24. The van der Waals surface area contributed by atoms with E-state index in [-0.39, 0.29) is 44.5 Å². The molecule has 184 valence electrons. The number of nitrogens with zero attached hydrogens (tertiary/aromatic N) is 2. The maximum absolute atomic E-state index is 13.0. The minimum Gasteiger partial charge on any atom is -0.489 e. The molecule has 3 aliphatic heterocycles. The number of benzene rings is 2. The van der Waals surface area contributed by atoms with Crippen LogP contribution in [0, 0.1) is 0 Å². The summed E-state index contributed by atoms with van der Waals surface area (Å²) in [6.45, 7) is 0.716. The van der Waals surface area contributed by atoms with Gasteiger partial charge in [0.25, 0.3) is 5.91 Å². The van der Waals surface area contributed by atoms with Gasteiger partial charge in [-0.2, -0.15) is 0 Å². The quantitative estimate of drug-likeness (QED) is 0.391. The van der Waals surface area contributed by atoms with Gasteiger partial charge in [0, 0.05) is 36.0 Å². The summed E-state index contributed by atoms with van der Waals surface area (Å²) < 4.78 is 11.3. The second-order valence-electron chi connectivity index (χ2n) is 10.3. The van der Waals surface area contributed by atoms with E-state index in [1.807, 2.05) is 24.3 Å². The van der Waals surface area contributed by atoms with Crippen LogP contribution in [0.15, 0.2) is 42.5 Å². The van der Waals surface area contributed by atoms with E-state index in [1.54, 1.807) is 23.1 Å². The third kappa shape index (κ3) is 5.33. The van der Waals surface area contributed by atoms with Gasteiger partial charge in [-0.05, 0) is 40.4 Å². The van der Waals surface area contributed by atoms with Crippen LogP contribution in [0.1, 0.15) is 39.9 Å². The van der Waals surface area contributed by atoms with Crippen molar-refractivity contribution < 1.29 is 23.9 Å². The van der Waals surface area contributed by atoms with Gasteiger partial charge in [-0.15, -0.1) is 0 Å². The monoisotopic (exact) mass is 509 g/mol. The Labute approximate surface area is 235 Å². The first-order valence-electron chi connectivity index (χ1n) is 12.4. The minimum atomic E-state index is -1.98. The lowest BCUT2D eigenvalue weighted by Gasteiger charge is -2.61. The Bertz CT molecular complexity index is 1320. The third-order valence-corrected chi connectivity index (χ3v) is 7.28. The number of carbonyl (C=O) groups is 3. The maximum Gasteiger partial charge on any atom is 0.255 e. The molecule has 3 aliphatic rings. The molecular weight excluding hydrogens is 487 g/mol. The molecule has 3 heterocycles. The molecule has 0 bridgehead atoms. The summed E-state index contributed by atoms with van der Waals surface area (Å²) in [5.41, 5.74) is 2.91. The normalized spacial score (nSPS) is 23.7. The van der Waals surface area contributed by atoms with Crippen LogP contribution in [-0.4, -0.2) is 103 Å². The van der Waals surface area contributed by atoms with Crippen molar-refractivity contribution in [2.45, 2.75) is 54.7 Å². The molecule has 0 saturated carbocycles. The van der Waals surface area contributed by atoms with Gasteiger partial charge >= 0.3 is 0 Å². The van der Waals surface area contributed by atoms with E-state index in [1.165, 1.54) is 4.90 Å². The van der Waals surface area contributed by atoms with Crippen LogP contribution < -0.4 is 10.1 Å². The molecule has 1 N–H and O–H groups in total. The van der Waals surface area contributed by atoms with E-state index in [4.69, 9.17) is 56.6 Å². The highest BCUT2D eigenvalue weighted by atomic mass is 16.5. The van der Waals surface area contributed by atoms with Crippen LogP contribution in [0.25, 0.3) is 0 Å². The number of piperidine rings is 1. The smallest absolute Gasteiger partial charge is 0.255 e. The lowest BCUT2D eigenvalue weighted by molar-refractivity contribution is -0.136. The van der Waals surface area contributed by atoms with E-state index in [9.17, 15) is 14.4 Å². The average molecular weight is 508 g/mol. The van der Waals surface area contributed by atoms with E-state index >= 15 is 0 Å². The van der Waals surface area contributed by atoms with Crippen LogP contribution in [0.4, 0.5) is 0 Å². The largest absolute Gasteiger partial charge is 0.489 e. The standard InChI is InChI=1S/C25H21B6N3O5/c26-23(27)13-33(24(28,29)25(30,31)39-23)10-14-4-6-15(7-5-14)12-38-19-3-1-2-16-17(19)11-34(22(16)37)18-8-9-20(35)32-21(18)36/h1-7,18H,8-13H2,(H,32,35,36). The van der Waals surface area contributed by atoms with Crippen LogP contribution in [0.3, 0.4) is 0 Å². The molecule has 2 aromatic rings. The molecule has 2 aromatic carbocycles. The molecule has 2 fully saturated rings. The second kappa shape index (κ2) is 9.97. The summed E-state index contributed by atoms with van der Waals surface area (Å²) in [6.07, 6.45) is 0.486. The van der Waals surface area contributed by atoms with E-state index in [0.717, 1.165) is 11.1 Å². The highest BCUT2D eigenvalue weighted by Gasteiger charge is 2.48. The lowest BCUT2D eigenvalue weighted by Crippen LogP contribution is -2.76. The van der Waals surface area contributed by atoms with Crippen LogP contribution in [0.5, 0.6) is 5.75 Å². The van der Waals surface area contributed by atoms with Crippen molar-refractivity contribution in [1.82, 2.24) is 15.1 Å². The summed E-state index contributed by atoms with van der Waals surface area (Å²) in [5.74, 6) is -0.495. The summed E-state index contributed by atoms with van der Waals surface area (Å²) in [7, 11) is 36.0. The average Bonchev–Trinajstić information content (AvgIpc) is 3.18. The van der Waals surface area contributed by atoms with E-state index < -0.39 is 28.1 Å². The van der Waals surface area contributed by atoms with Gasteiger partial charge < -0.3 is 19.3 Å². The molecule has 1 unspecified atom stereocenters. The van der Waals surface area contributed by atoms with Gasteiger partial charge in [0.2, 0.25) is 11.8 Å². The van der Waals surface area contributed by atoms with Crippen LogP contribution >= 0.6 is 0 Å². The first-order valence-corrected chi connectivity index (χ1v) is 12.4. The van der Waals surface area contributed by atoms with Gasteiger partial charge in [0.1, 0.15) is 34.1 Å².